The summed E-state index contributed by atoms with van der Waals surface area (Å²) in [7, 11) is 0.205. The third-order valence-corrected chi connectivity index (χ3v) is 7.67. The zero-order valence-corrected chi connectivity index (χ0v) is 22.1. The van der Waals surface area contributed by atoms with E-state index in [0.29, 0.717) is 36.4 Å². The second-order valence-corrected chi connectivity index (χ2v) is 9.84. The number of hydrogen-bond donors (Lipinski definition) is 2. The fourth-order valence-corrected chi connectivity index (χ4v) is 5.26. The second kappa shape index (κ2) is 12.5. The summed E-state index contributed by atoms with van der Waals surface area (Å²) >= 11 is 0. The van der Waals surface area contributed by atoms with Gasteiger partial charge >= 0.3 is 0 Å². The molecule has 1 saturated heterocycles. The number of nitrogens with one attached hydrogen (secondary N) is 2. The van der Waals surface area contributed by atoms with Crippen molar-refractivity contribution in [2.45, 2.75) is 24.3 Å². The zero-order chi connectivity index (χ0) is 22.3. The van der Waals surface area contributed by atoms with Crippen LogP contribution in [0.5, 0.6) is 0 Å². The molecule has 1 aliphatic heterocycles. The molecule has 1 heterocycles. The van der Waals surface area contributed by atoms with E-state index < -0.39 is 10.0 Å². The smallest absolute Gasteiger partial charge is 0.243 e. The van der Waals surface area contributed by atoms with E-state index in [1.165, 1.54) is 5.56 Å². The SMILES string of the molecule is CN=C(NCc1ccccc1S(=O)(=O)N1CCN(C)CC1)NCC(C)c1ccccc1.I. The molecular formula is C23H34IN5O2S. The lowest BCUT2D eigenvalue weighted by atomic mass is 10.0. The number of benzene rings is 2. The Balaban J connectivity index is 0.00000363. The van der Waals surface area contributed by atoms with Crippen molar-refractivity contribution in [1.82, 2.24) is 19.8 Å². The Morgan fingerprint density at radius 2 is 1.62 bits per heavy atom. The first-order valence-electron chi connectivity index (χ1n) is 10.7. The molecule has 2 aromatic carbocycles. The molecule has 1 unspecified atom stereocenters. The molecule has 0 aromatic heterocycles. The number of guanidine groups is 1. The second-order valence-electron chi connectivity index (χ2n) is 7.93. The molecule has 1 atom stereocenters. The van der Waals surface area contributed by atoms with Crippen molar-refractivity contribution in [3.05, 3.63) is 65.7 Å². The van der Waals surface area contributed by atoms with E-state index in [2.05, 4.69) is 39.6 Å². The normalized spacial score (nSPS) is 16.8. The van der Waals surface area contributed by atoms with Crippen LogP contribution in [-0.4, -0.2) is 70.4 Å². The van der Waals surface area contributed by atoms with Crippen molar-refractivity contribution in [3.8, 4) is 0 Å². The number of piperazine rings is 1. The Morgan fingerprint density at radius 3 is 2.28 bits per heavy atom. The standard InChI is InChI=1S/C23H33N5O2S.HI/c1-19(20-9-5-4-6-10-20)17-25-23(24-2)26-18-21-11-7-8-12-22(21)31(29,30)28-15-13-27(3)14-16-28;/h4-12,19H,13-18H2,1-3H3,(H2,24,25,26);1H. The van der Waals surface area contributed by atoms with Gasteiger partial charge in [-0.2, -0.15) is 4.31 Å². The summed E-state index contributed by atoms with van der Waals surface area (Å²) in [6.07, 6.45) is 0. The Morgan fingerprint density at radius 1 is 1.00 bits per heavy atom. The number of likely N-dealkylation sites (N-methyl/N-ethyl adjacent to an activating group) is 1. The number of halogens is 1. The van der Waals surface area contributed by atoms with Gasteiger partial charge in [-0.25, -0.2) is 8.42 Å². The third-order valence-electron chi connectivity index (χ3n) is 5.67. The van der Waals surface area contributed by atoms with Crippen LogP contribution in [0.4, 0.5) is 0 Å². The van der Waals surface area contributed by atoms with Gasteiger partial charge in [0.25, 0.3) is 0 Å². The Labute approximate surface area is 209 Å². The summed E-state index contributed by atoms with van der Waals surface area (Å²) in [4.78, 5) is 6.79. The van der Waals surface area contributed by atoms with Crippen LogP contribution in [0.1, 0.15) is 24.0 Å². The van der Waals surface area contributed by atoms with Gasteiger partial charge in [0.1, 0.15) is 0 Å². The average Bonchev–Trinajstić information content (AvgIpc) is 2.80. The van der Waals surface area contributed by atoms with Gasteiger partial charge < -0.3 is 15.5 Å². The first-order chi connectivity index (χ1) is 14.9. The van der Waals surface area contributed by atoms with Crippen LogP contribution in [0.2, 0.25) is 0 Å². The Bertz CT molecular complexity index is 977. The fraction of sp³-hybridized carbons (Fsp3) is 0.435. The molecule has 2 aromatic rings. The minimum absolute atomic E-state index is 0. The van der Waals surface area contributed by atoms with Crippen LogP contribution in [-0.2, 0) is 16.6 Å². The van der Waals surface area contributed by atoms with Gasteiger partial charge in [-0.05, 0) is 30.2 Å². The topological polar surface area (TPSA) is 77.0 Å². The average molecular weight is 572 g/mol. The number of rotatable bonds is 7. The number of sulfonamides is 1. The summed E-state index contributed by atoms with van der Waals surface area (Å²) in [5, 5.41) is 6.60. The first-order valence-corrected chi connectivity index (χ1v) is 12.1. The van der Waals surface area contributed by atoms with E-state index in [1.54, 1.807) is 23.5 Å². The van der Waals surface area contributed by atoms with E-state index in [4.69, 9.17) is 0 Å². The quantitative estimate of drug-likeness (QED) is 0.304. The minimum atomic E-state index is -3.53. The predicted molar refractivity (Wildman–Crippen MR) is 141 cm³/mol. The lowest BCUT2D eigenvalue weighted by Crippen LogP contribution is -2.47. The molecule has 2 N–H and O–H groups in total. The predicted octanol–water partition coefficient (Wildman–Crippen LogP) is 2.71. The van der Waals surface area contributed by atoms with Crippen LogP contribution in [0.25, 0.3) is 0 Å². The molecule has 1 fully saturated rings. The molecule has 0 spiro atoms. The Hall–Kier alpha value is -1.69. The van der Waals surface area contributed by atoms with Crippen molar-refractivity contribution in [1.29, 1.82) is 0 Å². The Kier molecular flexibility index (Phi) is 10.4. The minimum Gasteiger partial charge on any atom is -0.356 e. The zero-order valence-electron chi connectivity index (χ0n) is 19.0. The highest BCUT2D eigenvalue weighted by atomic mass is 127. The van der Waals surface area contributed by atoms with E-state index in [9.17, 15) is 8.42 Å². The lowest BCUT2D eigenvalue weighted by molar-refractivity contribution is 0.222. The van der Waals surface area contributed by atoms with Crippen molar-refractivity contribution < 1.29 is 8.42 Å². The number of nitrogens with zero attached hydrogens (tertiary/aromatic N) is 3. The van der Waals surface area contributed by atoms with Gasteiger partial charge in [-0.15, -0.1) is 24.0 Å². The molecule has 7 nitrogen and oxygen atoms in total. The molecule has 0 aliphatic carbocycles. The highest BCUT2D eigenvalue weighted by molar-refractivity contribution is 14.0. The van der Waals surface area contributed by atoms with Crippen molar-refractivity contribution in [2.75, 3.05) is 46.8 Å². The highest BCUT2D eigenvalue weighted by Gasteiger charge is 2.29. The summed E-state index contributed by atoms with van der Waals surface area (Å²) in [5.74, 6) is 0.972. The van der Waals surface area contributed by atoms with Gasteiger partial charge in [0, 0.05) is 46.3 Å². The van der Waals surface area contributed by atoms with Crippen LogP contribution >= 0.6 is 24.0 Å². The largest absolute Gasteiger partial charge is 0.356 e. The van der Waals surface area contributed by atoms with Gasteiger partial charge in [-0.1, -0.05) is 55.5 Å². The molecule has 0 bridgehead atoms. The molecule has 0 radical (unpaired) electrons. The van der Waals surface area contributed by atoms with Crippen LogP contribution < -0.4 is 10.6 Å². The first kappa shape index (κ1) is 26.6. The van der Waals surface area contributed by atoms with Crippen molar-refractivity contribution >= 4 is 40.0 Å². The highest BCUT2D eigenvalue weighted by Crippen LogP contribution is 2.21. The van der Waals surface area contributed by atoms with Gasteiger partial charge in [0.05, 0.1) is 4.90 Å². The monoisotopic (exact) mass is 571 g/mol. The van der Waals surface area contributed by atoms with Crippen LogP contribution in [0.3, 0.4) is 0 Å². The van der Waals surface area contributed by atoms with Crippen molar-refractivity contribution in [3.63, 3.8) is 0 Å². The van der Waals surface area contributed by atoms with E-state index in [1.807, 2.05) is 37.4 Å². The van der Waals surface area contributed by atoms with Gasteiger partial charge in [0.15, 0.2) is 5.96 Å². The molecule has 0 saturated carbocycles. The lowest BCUT2D eigenvalue weighted by Gasteiger charge is -2.32. The molecule has 3 rings (SSSR count). The molecule has 9 heteroatoms. The van der Waals surface area contributed by atoms with Gasteiger partial charge in [-0.3, -0.25) is 4.99 Å². The number of hydrogen-bond acceptors (Lipinski definition) is 4. The summed E-state index contributed by atoms with van der Waals surface area (Å²) in [6, 6.07) is 17.5. The third kappa shape index (κ3) is 6.90. The maximum Gasteiger partial charge on any atom is 0.243 e. The maximum atomic E-state index is 13.2. The van der Waals surface area contributed by atoms with Crippen LogP contribution in [0.15, 0.2) is 64.5 Å². The molecule has 32 heavy (non-hydrogen) atoms. The summed E-state index contributed by atoms with van der Waals surface area (Å²) < 4.78 is 28.1. The molecule has 176 valence electrons. The van der Waals surface area contributed by atoms with E-state index in [-0.39, 0.29) is 24.0 Å². The molecule has 1 aliphatic rings. The maximum absolute atomic E-state index is 13.2. The summed E-state index contributed by atoms with van der Waals surface area (Å²) in [6.45, 7) is 5.79. The summed E-state index contributed by atoms with van der Waals surface area (Å²) in [5.41, 5.74) is 1.99. The number of aliphatic imine (C=N–C) groups is 1. The van der Waals surface area contributed by atoms with Gasteiger partial charge in [0.2, 0.25) is 10.0 Å². The molecular weight excluding hydrogens is 537 g/mol. The van der Waals surface area contributed by atoms with Crippen LogP contribution in [0, 0.1) is 0 Å². The van der Waals surface area contributed by atoms with E-state index >= 15 is 0 Å². The van der Waals surface area contributed by atoms with E-state index in [0.717, 1.165) is 25.2 Å². The van der Waals surface area contributed by atoms with Crippen molar-refractivity contribution in [2.24, 2.45) is 4.99 Å². The molecule has 0 amide bonds. The fourth-order valence-electron chi connectivity index (χ4n) is 3.62.